The molecule has 6 heterocycles. The molecule has 6 heteroatoms. The normalized spacial score (nSPS) is 11.7. The Morgan fingerprint density at radius 3 is 0.862 bits per heavy atom. The van der Waals surface area contributed by atoms with Crippen LogP contribution in [0.25, 0.3) is 270 Å². The van der Waals surface area contributed by atoms with Crippen molar-refractivity contribution in [2.75, 3.05) is 0 Å². The van der Waals surface area contributed by atoms with Gasteiger partial charge < -0.3 is 0 Å². The highest BCUT2D eigenvalue weighted by atomic mass is 32.1. The molecule has 0 saturated heterocycles. The summed E-state index contributed by atoms with van der Waals surface area (Å²) >= 11 is 5.70. The van der Waals surface area contributed by atoms with Crippen LogP contribution in [0.5, 0.6) is 0 Å². The van der Waals surface area contributed by atoms with E-state index in [0.717, 1.165) is 50.3 Å². The van der Waals surface area contributed by atoms with E-state index in [2.05, 4.69) is 482 Å². The standard InChI is InChI=1S/C47H29NS.C44H31NS.C41H25NS/c1-3-11-30(12-4-1)34-23-26-45-42(27-34)43-29-35(31-13-5-2-6-14-31)28-41(47(43)49-45)32-19-21-33(22-20-32)44-25-24-40-38-17-8-7-15-36(38)37-16-9-10-18-39(37)46(40)48-44;1-26-23-27(2)41(28(3)24-26)39-20-10-19-38-37-18-9-17-31(43(37)46-44(38)39)29-11-8-12-30(25-29)40-22-21-36-34-15-5-4-13-32(34)33-14-6-7-16-35(33)42(36)45-40;1-2-10-26(11-3-1)29-16-8-18-36-37-19-9-17-30(41(37)43-40(29)36)27-20-22-28(23-21-27)38-25-24-35-33-14-5-4-12-31(33)32-13-6-7-15-34(32)39(35)42-38/h1-29H;4-25H,1-3H3;1-25H. The molecular weight excluding hydrogens is 1720 g/mol. The first kappa shape index (κ1) is 82.0. The topological polar surface area (TPSA) is 38.7 Å². The first-order valence-corrected chi connectivity index (χ1v) is 49.7. The van der Waals surface area contributed by atoms with E-state index in [1.807, 2.05) is 34.0 Å². The summed E-state index contributed by atoms with van der Waals surface area (Å²) in [6.45, 7) is 6.66. The van der Waals surface area contributed by atoms with Crippen molar-refractivity contribution < 1.29 is 0 Å². The average molecular weight is 1810 g/mol. The van der Waals surface area contributed by atoms with E-state index >= 15 is 0 Å². The minimum Gasteiger partial charge on any atom is -0.247 e. The Labute approximate surface area is 810 Å². The fourth-order valence-corrected chi connectivity index (χ4v) is 25.6. The van der Waals surface area contributed by atoms with Gasteiger partial charge in [0.1, 0.15) is 0 Å². The smallest absolute Gasteiger partial charge is 0.0794 e. The first-order valence-electron chi connectivity index (χ1n) is 47.2. The van der Waals surface area contributed by atoms with Crippen molar-refractivity contribution in [3.05, 3.63) is 478 Å². The summed E-state index contributed by atoms with van der Waals surface area (Å²) in [7, 11) is 0. The molecule has 0 aliphatic heterocycles. The molecule has 0 saturated carbocycles. The molecule has 0 aliphatic carbocycles. The number of rotatable bonds is 10. The van der Waals surface area contributed by atoms with Gasteiger partial charge in [-0.25, -0.2) is 15.0 Å². The molecule has 0 N–H and O–H groups in total. The van der Waals surface area contributed by atoms with Gasteiger partial charge in [-0.15, -0.1) is 34.0 Å². The van der Waals surface area contributed by atoms with Crippen LogP contribution in [0, 0.1) is 20.8 Å². The molecule has 138 heavy (non-hydrogen) atoms. The van der Waals surface area contributed by atoms with Crippen LogP contribution in [0.1, 0.15) is 16.7 Å². The van der Waals surface area contributed by atoms with Crippen molar-refractivity contribution in [1.82, 2.24) is 15.0 Å². The number of benzene rings is 22. The molecule has 0 spiro atoms. The number of aromatic nitrogens is 3. The third-order valence-electron chi connectivity index (χ3n) is 28.1. The zero-order valence-corrected chi connectivity index (χ0v) is 78.4. The lowest BCUT2D eigenvalue weighted by Crippen LogP contribution is -1.90. The Bertz CT molecular complexity index is 9670. The Balaban J connectivity index is 0.000000107. The zero-order valence-electron chi connectivity index (χ0n) is 75.9. The van der Waals surface area contributed by atoms with E-state index in [0.29, 0.717) is 0 Å². The maximum atomic E-state index is 5.33. The summed E-state index contributed by atoms with van der Waals surface area (Å²) in [6, 6.07) is 167. The third-order valence-corrected chi connectivity index (χ3v) is 31.9. The fraction of sp³-hybridized carbons (Fsp3) is 0.0227. The van der Waals surface area contributed by atoms with E-state index in [9.17, 15) is 0 Å². The second kappa shape index (κ2) is 34.0. The minimum absolute atomic E-state index is 0.984. The van der Waals surface area contributed by atoms with Gasteiger partial charge in [-0.3, -0.25) is 0 Å². The van der Waals surface area contributed by atoms with Gasteiger partial charge in [0, 0.05) is 121 Å². The Kier molecular flexibility index (Phi) is 20.2. The van der Waals surface area contributed by atoms with Crippen LogP contribution < -0.4 is 0 Å². The lowest BCUT2D eigenvalue weighted by molar-refractivity contribution is 1.32. The summed E-state index contributed by atoms with van der Waals surface area (Å²) in [6.07, 6.45) is 0. The maximum absolute atomic E-state index is 5.33. The molecule has 28 aromatic rings. The van der Waals surface area contributed by atoms with Crippen LogP contribution in [0.15, 0.2) is 461 Å². The highest BCUT2D eigenvalue weighted by Crippen LogP contribution is 2.51. The van der Waals surface area contributed by atoms with Gasteiger partial charge in [0.25, 0.3) is 0 Å². The Hall–Kier alpha value is -16.7. The average Bonchev–Trinajstić information content (AvgIpc) is 1.13. The van der Waals surface area contributed by atoms with Gasteiger partial charge >= 0.3 is 0 Å². The van der Waals surface area contributed by atoms with Crippen LogP contribution >= 0.6 is 34.0 Å². The van der Waals surface area contributed by atoms with Crippen molar-refractivity contribution in [2.24, 2.45) is 0 Å². The van der Waals surface area contributed by atoms with E-state index in [1.165, 1.54) is 236 Å². The Morgan fingerprint density at radius 2 is 0.435 bits per heavy atom. The Morgan fingerprint density at radius 1 is 0.152 bits per heavy atom. The van der Waals surface area contributed by atoms with Gasteiger partial charge in [-0.2, -0.15) is 0 Å². The summed E-state index contributed by atoms with van der Waals surface area (Å²) in [4.78, 5) is 15.9. The first-order chi connectivity index (χ1) is 68.2. The van der Waals surface area contributed by atoms with Gasteiger partial charge in [0.15, 0.2) is 0 Å². The maximum Gasteiger partial charge on any atom is 0.0794 e. The summed E-state index contributed by atoms with van der Waals surface area (Å²) in [5, 5.41) is 26.3. The van der Waals surface area contributed by atoms with Crippen molar-refractivity contribution >= 4 is 192 Å². The number of aryl methyl sites for hydroxylation is 3. The highest BCUT2D eigenvalue weighted by Gasteiger charge is 2.23. The summed E-state index contributed by atoms with van der Waals surface area (Å²) in [5.74, 6) is 0. The van der Waals surface area contributed by atoms with Crippen LogP contribution in [-0.2, 0) is 0 Å². The number of fused-ring (bicyclic) bond motifs is 27. The summed E-state index contributed by atoms with van der Waals surface area (Å²) < 4.78 is 7.97. The van der Waals surface area contributed by atoms with Gasteiger partial charge in [0.2, 0.25) is 0 Å². The number of hydrogen-bond donors (Lipinski definition) is 0. The van der Waals surface area contributed by atoms with E-state index in [4.69, 9.17) is 15.0 Å². The largest absolute Gasteiger partial charge is 0.247 e. The zero-order chi connectivity index (χ0) is 91.6. The second-order valence-corrected chi connectivity index (χ2v) is 39.4. The van der Waals surface area contributed by atoms with Gasteiger partial charge in [-0.1, -0.05) is 400 Å². The number of hydrogen-bond acceptors (Lipinski definition) is 6. The SMILES string of the molecule is Cc1cc(C)c(-c2cccc3c2sc2c(-c4cccc(-c5ccc6c7ccccc7c7ccccc7c6n5)c4)cccc23)c(C)c1.c1ccc(-c2ccc3sc4c(-c5ccc(-c6ccc7c8ccccc8c8ccccc8c7n6)cc5)cc(-c5ccccc5)cc4c3c2)cc1.c1ccc(-c2cccc3c2sc2c(-c4ccc(-c5ccc6c7ccccc7c7ccccc7c6n5)cc4)cccc23)cc1. The number of nitrogens with zero attached hydrogens (tertiary/aromatic N) is 3. The van der Waals surface area contributed by atoms with E-state index < -0.39 is 0 Å². The van der Waals surface area contributed by atoms with E-state index in [1.54, 1.807) is 0 Å². The highest BCUT2D eigenvalue weighted by molar-refractivity contribution is 7.27. The molecule has 3 nitrogen and oxygen atoms in total. The molecular formula is C132H85N3S3. The third kappa shape index (κ3) is 14.2. The van der Waals surface area contributed by atoms with Crippen LogP contribution in [0.4, 0.5) is 0 Å². The molecule has 0 unspecified atom stereocenters. The monoisotopic (exact) mass is 1810 g/mol. The molecule has 0 atom stereocenters. The number of pyridine rings is 3. The summed E-state index contributed by atoms with van der Waals surface area (Å²) in [5.41, 5.74) is 31.1. The predicted octanol–water partition coefficient (Wildman–Crippen LogP) is 38.3. The molecule has 0 aliphatic rings. The number of thiophene rings is 3. The van der Waals surface area contributed by atoms with Gasteiger partial charge in [-0.05, 0) is 214 Å². The second-order valence-electron chi connectivity index (χ2n) is 36.3. The van der Waals surface area contributed by atoms with Crippen molar-refractivity contribution in [2.45, 2.75) is 20.8 Å². The molecule has 28 rings (SSSR count). The molecule has 0 bridgehead atoms. The minimum atomic E-state index is 0.984. The fourth-order valence-electron chi connectivity index (χ4n) is 21.7. The van der Waals surface area contributed by atoms with Gasteiger partial charge in [0.05, 0.1) is 33.6 Å². The van der Waals surface area contributed by atoms with Crippen LogP contribution in [-0.4, -0.2) is 15.0 Å². The van der Waals surface area contributed by atoms with Crippen molar-refractivity contribution in [3.63, 3.8) is 0 Å². The van der Waals surface area contributed by atoms with E-state index in [-0.39, 0.29) is 0 Å². The van der Waals surface area contributed by atoms with Crippen molar-refractivity contribution in [1.29, 1.82) is 0 Å². The quantitative estimate of drug-likeness (QED) is 0.128. The molecule has 22 aromatic carbocycles. The molecule has 0 amide bonds. The van der Waals surface area contributed by atoms with Crippen LogP contribution in [0.3, 0.4) is 0 Å². The lowest BCUT2D eigenvalue weighted by Gasteiger charge is -2.12. The lowest BCUT2D eigenvalue weighted by atomic mass is 9.93. The molecule has 6 aromatic heterocycles. The molecule has 0 radical (unpaired) electrons. The molecule has 0 fully saturated rings. The van der Waals surface area contributed by atoms with Crippen molar-refractivity contribution in [3.8, 4) is 112 Å². The van der Waals surface area contributed by atoms with Crippen LogP contribution in [0.2, 0.25) is 0 Å². The molecule has 646 valence electrons. The predicted molar refractivity (Wildman–Crippen MR) is 598 cm³/mol.